The van der Waals surface area contributed by atoms with Gasteiger partial charge in [0.15, 0.2) is 0 Å². The summed E-state index contributed by atoms with van der Waals surface area (Å²) in [6.45, 7) is 2.26. The molecule has 5 heteroatoms. The van der Waals surface area contributed by atoms with E-state index in [0.29, 0.717) is 6.54 Å². The van der Waals surface area contributed by atoms with Gasteiger partial charge < -0.3 is 10.2 Å². The first-order chi connectivity index (χ1) is 8.56. The minimum Gasteiger partial charge on any atom is -0.355 e. The Bertz CT molecular complexity index is 435. The van der Waals surface area contributed by atoms with E-state index < -0.39 is 0 Å². The maximum Gasteiger partial charge on any atom is 0.234 e. The van der Waals surface area contributed by atoms with Crippen molar-refractivity contribution in [2.24, 2.45) is 0 Å². The van der Waals surface area contributed by atoms with Crippen LogP contribution in [0.5, 0.6) is 0 Å². The Hall–Kier alpha value is -1.55. The summed E-state index contributed by atoms with van der Waals surface area (Å²) in [4.78, 5) is 24.4. The number of carbonyl (C=O) groups is 2. The van der Waals surface area contributed by atoms with E-state index in [0.717, 1.165) is 11.3 Å². The molecule has 2 amide bonds. The van der Waals surface area contributed by atoms with Gasteiger partial charge in [-0.05, 0) is 18.6 Å². The smallest absolute Gasteiger partial charge is 0.234 e. The highest BCUT2D eigenvalue weighted by atomic mass is 35.5. The molecule has 18 heavy (non-hydrogen) atoms. The number of anilines is 1. The number of aryl methyl sites for hydroxylation is 1. The van der Waals surface area contributed by atoms with Crippen molar-refractivity contribution in [3.8, 4) is 0 Å². The fourth-order valence-corrected chi connectivity index (χ4v) is 1.69. The van der Waals surface area contributed by atoms with E-state index in [1.54, 1.807) is 11.9 Å². The Morgan fingerprint density at radius 1 is 1.33 bits per heavy atom. The molecule has 0 saturated heterocycles. The number of carbonyl (C=O) groups excluding carboxylic acids is 2. The summed E-state index contributed by atoms with van der Waals surface area (Å²) in [6.07, 6.45) is 0.257. The molecule has 0 bridgehead atoms. The summed E-state index contributed by atoms with van der Waals surface area (Å²) in [6, 6.07) is 7.66. The van der Waals surface area contributed by atoms with E-state index >= 15 is 0 Å². The minimum atomic E-state index is -0.261. The van der Waals surface area contributed by atoms with Gasteiger partial charge in [-0.1, -0.05) is 18.2 Å². The average molecular weight is 269 g/mol. The third kappa shape index (κ3) is 4.04. The van der Waals surface area contributed by atoms with Crippen LogP contribution in [0.25, 0.3) is 0 Å². The van der Waals surface area contributed by atoms with Crippen LogP contribution in [-0.2, 0) is 9.59 Å². The van der Waals surface area contributed by atoms with Crippen LogP contribution in [0, 0.1) is 6.92 Å². The second kappa shape index (κ2) is 7.01. The lowest BCUT2D eigenvalue weighted by molar-refractivity contribution is -0.119. The first kappa shape index (κ1) is 14.5. The molecule has 0 spiro atoms. The van der Waals surface area contributed by atoms with Gasteiger partial charge in [-0.15, -0.1) is 11.6 Å². The highest BCUT2D eigenvalue weighted by Gasteiger charge is 2.12. The van der Waals surface area contributed by atoms with Gasteiger partial charge >= 0.3 is 0 Å². The molecule has 1 aromatic rings. The molecule has 0 fully saturated rings. The maximum absolute atomic E-state index is 11.9. The summed E-state index contributed by atoms with van der Waals surface area (Å²) >= 11 is 5.34. The van der Waals surface area contributed by atoms with Crippen molar-refractivity contribution in [1.82, 2.24) is 5.32 Å². The van der Waals surface area contributed by atoms with Gasteiger partial charge in [-0.3, -0.25) is 9.59 Å². The van der Waals surface area contributed by atoms with E-state index in [1.165, 1.54) is 0 Å². The van der Waals surface area contributed by atoms with Gasteiger partial charge in [-0.25, -0.2) is 0 Å². The third-order valence-corrected chi connectivity index (χ3v) is 2.88. The van der Waals surface area contributed by atoms with Crippen LogP contribution in [0.2, 0.25) is 0 Å². The molecule has 0 unspecified atom stereocenters. The quantitative estimate of drug-likeness (QED) is 0.827. The van der Waals surface area contributed by atoms with Crippen molar-refractivity contribution in [2.45, 2.75) is 13.3 Å². The van der Waals surface area contributed by atoms with Crippen LogP contribution in [0.4, 0.5) is 5.69 Å². The average Bonchev–Trinajstić information content (AvgIpc) is 2.38. The van der Waals surface area contributed by atoms with Crippen molar-refractivity contribution in [2.75, 3.05) is 24.4 Å². The van der Waals surface area contributed by atoms with Crippen LogP contribution < -0.4 is 10.2 Å². The molecule has 0 atom stereocenters. The molecule has 0 radical (unpaired) electrons. The first-order valence-corrected chi connectivity index (χ1v) is 6.24. The normalized spacial score (nSPS) is 9.94. The molecule has 1 N–H and O–H groups in total. The van der Waals surface area contributed by atoms with E-state index in [2.05, 4.69) is 5.32 Å². The molecule has 0 aliphatic heterocycles. The molecular formula is C13H17ClN2O2. The van der Waals surface area contributed by atoms with Crippen molar-refractivity contribution in [3.63, 3.8) is 0 Å². The number of nitrogens with zero attached hydrogens (tertiary/aromatic N) is 1. The first-order valence-electron chi connectivity index (χ1n) is 5.71. The monoisotopic (exact) mass is 268 g/mol. The zero-order valence-electron chi connectivity index (χ0n) is 10.6. The highest BCUT2D eigenvalue weighted by Crippen LogP contribution is 2.18. The Morgan fingerprint density at radius 3 is 2.61 bits per heavy atom. The Labute approximate surface area is 112 Å². The van der Waals surface area contributed by atoms with Crippen molar-refractivity contribution in [1.29, 1.82) is 0 Å². The number of hydrogen-bond donors (Lipinski definition) is 1. The molecule has 4 nitrogen and oxygen atoms in total. The molecule has 0 saturated carbocycles. The number of amides is 2. The Balaban J connectivity index is 2.52. The summed E-state index contributed by atoms with van der Waals surface area (Å²) < 4.78 is 0. The lowest BCUT2D eigenvalue weighted by atomic mass is 10.2. The lowest BCUT2D eigenvalue weighted by Crippen LogP contribution is -2.32. The molecule has 0 heterocycles. The fraction of sp³-hybridized carbons (Fsp3) is 0.385. The van der Waals surface area contributed by atoms with Crippen LogP contribution in [-0.4, -0.2) is 31.3 Å². The fourth-order valence-electron chi connectivity index (χ4n) is 1.60. The van der Waals surface area contributed by atoms with Gasteiger partial charge in [0.1, 0.15) is 5.88 Å². The molecule has 98 valence electrons. The van der Waals surface area contributed by atoms with E-state index in [1.807, 2.05) is 31.2 Å². The predicted octanol–water partition coefficient (Wildman–Crippen LogP) is 1.70. The number of hydrogen-bond acceptors (Lipinski definition) is 2. The second-order valence-electron chi connectivity index (χ2n) is 3.97. The van der Waals surface area contributed by atoms with Crippen LogP contribution >= 0.6 is 11.6 Å². The second-order valence-corrected chi connectivity index (χ2v) is 4.24. The van der Waals surface area contributed by atoms with Gasteiger partial charge in [-0.2, -0.15) is 0 Å². The highest BCUT2D eigenvalue weighted by molar-refractivity contribution is 6.27. The van der Waals surface area contributed by atoms with E-state index in [9.17, 15) is 9.59 Å². The molecule has 1 rings (SSSR count). The van der Waals surface area contributed by atoms with Crippen LogP contribution in [0.15, 0.2) is 24.3 Å². The molecule has 0 aliphatic carbocycles. The zero-order chi connectivity index (χ0) is 13.5. The lowest BCUT2D eigenvalue weighted by Gasteiger charge is -2.19. The van der Waals surface area contributed by atoms with E-state index in [-0.39, 0.29) is 24.1 Å². The number of halogens is 1. The molecule has 0 aliphatic rings. The topological polar surface area (TPSA) is 49.4 Å². The minimum absolute atomic E-state index is 0.0424. The number of alkyl halides is 1. The van der Waals surface area contributed by atoms with Crippen molar-refractivity contribution >= 4 is 29.1 Å². The standard InChI is InChI=1S/C13H17ClN2O2/c1-10-5-3-4-6-11(10)16(2)13(18)7-8-15-12(17)9-14/h3-6H,7-9H2,1-2H3,(H,15,17). The molecule has 0 aromatic heterocycles. The summed E-state index contributed by atoms with van der Waals surface area (Å²) in [5, 5.41) is 2.57. The Kier molecular flexibility index (Phi) is 5.65. The summed E-state index contributed by atoms with van der Waals surface area (Å²) in [5.41, 5.74) is 1.92. The third-order valence-electron chi connectivity index (χ3n) is 2.63. The molecular weight excluding hydrogens is 252 g/mol. The van der Waals surface area contributed by atoms with E-state index in [4.69, 9.17) is 11.6 Å². The maximum atomic E-state index is 11.9. The summed E-state index contributed by atoms with van der Waals surface area (Å²) in [5.74, 6) is -0.385. The molecule has 1 aromatic carbocycles. The van der Waals surface area contributed by atoms with Gasteiger partial charge in [0, 0.05) is 25.7 Å². The van der Waals surface area contributed by atoms with Crippen LogP contribution in [0.3, 0.4) is 0 Å². The van der Waals surface area contributed by atoms with Crippen molar-refractivity contribution in [3.05, 3.63) is 29.8 Å². The van der Waals surface area contributed by atoms with Gasteiger partial charge in [0.05, 0.1) is 0 Å². The number of para-hydroxylation sites is 1. The Morgan fingerprint density at radius 2 is 2.00 bits per heavy atom. The largest absolute Gasteiger partial charge is 0.355 e. The number of nitrogens with one attached hydrogen (secondary N) is 1. The predicted molar refractivity (Wildman–Crippen MR) is 72.9 cm³/mol. The zero-order valence-corrected chi connectivity index (χ0v) is 11.3. The van der Waals surface area contributed by atoms with Gasteiger partial charge in [0.25, 0.3) is 0 Å². The number of rotatable bonds is 5. The van der Waals surface area contributed by atoms with Gasteiger partial charge in [0.2, 0.25) is 11.8 Å². The van der Waals surface area contributed by atoms with Crippen molar-refractivity contribution < 1.29 is 9.59 Å². The number of benzene rings is 1. The van der Waals surface area contributed by atoms with Crippen LogP contribution in [0.1, 0.15) is 12.0 Å². The SMILES string of the molecule is Cc1ccccc1N(C)C(=O)CCNC(=O)CCl. The summed E-state index contributed by atoms with van der Waals surface area (Å²) in [7, 11) is 1.73.